The number of hydrazone groups is 1. The number of nitrogens with zero attached hydrogens (tertiary/aromatic N) is 2. The van der Waals surface area contributed by atoms with Crippen molar-refractivity contribution in [2.75, 3.05) is 5.32 Å². The highest BCUT2D eigenvalue weighted by Crippen LogP contribution is 2.17. The molecule has 0 fully saturated rings. The van der Waals surface area contributed by atoms with Gasteiger partial charge < -0.3 is 5.32 Å². The molecule has 7 heteroatoms. The highest BCUT2D eigenvalue weighted by atomic mass is 35.5. The SMILES string of the molecule is C/C(=N/NC(=O)Nc1ccc(Cl)cc1)c1ccc(CC#N)s1. The first kappa shape index (κ1) is 16.0. The molecule has 2 rings (SSSR count). The van der Waals surface area contributed by atoms with Crippen LogP contribution in [0, 0.1) is 11.3 Å². The number of hydrogen-bond donors (Lipinski definition) is 2. The second-order valence-electron chi connectivity index (χ2n) is 4.37. The highest BCUT2D eigenvalue weighted by molar-refractivity contribution is 7.14. The minimum Gasteiger partial charge on any atom is -0.307 e. The summed E-state index contributed by atoms with van der Waals surface area (Å²) in [7, 11) is 0. The summed E-state index contributed by atoms with van der Waals surface area (Å²) in [5.74, 6) is 0. The smallest absolute Gasteiger partial charge is 0.307 e. The number of amides is 2. The molecular weight excluding hydrogens is 320 g/mol. The lowest BCUT2D eigenvalue weighted by Crippen LogP contribution is -2.25. The zero-order valence-corrected chi connectivity index (χ0v) is 13.3. The number of nitriles is 1. The number of halogens is 1. The van der Waals surface area contributed by atoms with E-state index in [1.807, 2.05) is 12.1 Å². The van der Waals surface area contributed by atoms with Crippen LogP contribution in [0.25, 0.3) is 0 Å². The second kappa shape index (κ2) is 7.59. The molecule has 0 aliphatic carbocycles. The van der Waals surface area contributed by atoms with Gasteiger partial charge in [0.05, 0.1) is 23.1 Å². The van der Waals surface area contributed by atoms with Crippen LogP contribution in [0.4, 0.5) is 10.5 Å². The van der Waals surface area contributed by atoms with Crippen LogP contribution in [0.5, 0.6) is 0 Å². The summed E-state index contributed by atoms with van der Waals surface area (Å²) in [4.78, 5) is 13.6. The van der Waals surface area contributed by atoms with Gasteiger partial charge >= 0.3 is 6.03 Å². The van der Waals surface area contributed by atoms with Crippen molar-refractivity contribution in [1.29, 1.82) is 5.26 Å². The van der Waals surface area contributed by atoms with Crippen LogP contribution in [0.1, 0.15) is 16.7 Å². The largest absolute Gasteiger partial charge is 0.339 e. The number of carbonyl (C=O) groups excluding carboxylic acids is 1. The van der Waals surface area contributed by atoms with Crippen LogP contribution in [-0.2, 0) is 6.42 Å². The van der Waals surface area contributed by atoms with Gasteiger partial charge in [-0.15, -0.1) is 11.3 Å². The molecule has 22 heavy (non-hydrogen) atoms. The van der Waals surface area contributed by atoms with Crippen molar-refractivity contribution in [3.05, 3.63) is 51.2 Å². The van der Waals surface area contributed by atoms with E-state index in [9.17, 15) is 4.79 Å². The standard InChI is InChI=1S/C15H13ClN4OS/c1-10(14-7-6-13(22-14)8-9-17)19-20-15(21)18-12-4-2-11(16)3-5-12/h2-7H,8H2,1H3,(H2,18,20,21)/b19-10-. The van der Waals surface area contributed by atoms with Crippen LogP contribution in [-0.4, -0.2) is 11.7 Å². The molecule has 0 saturated carbocycles. The summed E-state index contributed by atoms with van der Waals surface area (Å²) in [5, 5.41) is 15.9. The lowest BCUT2D eigenvalue weighted by Gasteiger charge is -2.04. The van der Waals surface area contributed by atoms with E-state index < -0.39 is 6.03 Å². The van der Waals surface area contributed by atoms with Gasteiger partial charge in [0.2, 0.25) is 0 Å². The molecule has 0 aliphatic heterocycles. The predicted molar refractivity (Wildman–Crippen MR) is 89.5 cm³/mol. The highest BCUT2D eigenvalue weighted by Gasteiger charge is 2.05. The fraction of sp³-hybridized carbons (Fsp3) is 0.133. The van der Waals surface area contributed by atoms with E-state index in [4.69, 9.17) is 16.9 Å². The number of carbonyl (C=O) groups is 1. The molecular formula is C15H13ClN4OS. The van der Waals surface area contributed by atoms with Crippen molar-refractivity contribution in [3.63, 3.8) is 0 Å². The molecule has 0 aliphatic rings. The van der Waals surface area contributed by atoms with Crippen LogP contribution in [0.2, 0.25) is 5.02 Å². The second-order valence-corrected chi connectivity index (χ2v) is 5.98. The molecule has 0 bridgehead atoms. The van der Waals surface area contributed by atoms with E-state index in [2.05, 4.69) is 21.9 Å². The molecule has 112 valence electrons. The van der Waals surface area contributed by atoms with Gasteiger partial charge in [0, 0.05) is 15.6 Å². The molecule has 1 heterocycles. The number of urea groups is 1. The Morgan fingerprint density at radius 3 is 2.73 bits per heavy atom. The summed E-state index contributed by atoms with van der Waals surface area (Å²) < 4.78 is 0. The topological polar surface area (TPSA) is 77.3 Å². The molecule has 0 spiro atoms. The first-order chi connectivity index (χ1) is 10.6. The Kier molecular flexibility index (Phi) is 5.53. The Morgan fingerprint density at radius 2 is 2.05 bits per heavy atom. The lowest BCUT2D eigenvalue weighted by atomic mass is 10.3. The Balaban J connectivity index is 1.93. The Hall–Kier alpha value is -2.36. The van der Waals surface area contributed by atoms with Gasteiger partial charge in [-0.3, -0.25) is 0 Å². The number of hydrogen-bond acceptors (Lipinski definition) is 4. The van der Waals surface area contributed by atoms with Crippen molar-refractivity contribution in [2.24, 2.45) is 5.10 Å². The lowest BCUT2D eigenvalue weighted by molar-refractivity contribution is 0.252. The number of thiophene rings is 1. The third-order valence-electron chi connectivity index (χ3n) is 2.70. The van der Waals surface area contributed by atoms with Gasteiger partial charge in [-0.1, -0.05) is 11.6 Å². The summed E-state index contributed by atoms with van der Waals surface area (Å²) in [5.41, 5.74) is 3.74. The van der Waals surface area contributed by atoms with E-state index in [0.717, 1.165) is 9.75 Å². The van der Waals surface area contributed by atoms with Crippen molar-refractivity contribution < 1.29 is 4.79 Å². The van der Waals surface area contributed by atoms with Gasteiger partial charge in [-0.2, -0.15) is 10.4 Å². The van der Waals surface area contributed by atoms with Crippen molar-refractivity contribution in [2.45, 2.75) is 13.3 Å². The molecule has 5 nitrogen and oxygen atoms in total. The molecule has 1 aromatic carbocycles. The Bertz CT molecular complexity index is 731. The molecule has 2 N–H and O–H groups in total. The van der Waals surface area contributed by atoms with Crippen molar-refractivity contribution >= 4 is 40.4 Å². The zero-order chi connectivity index (χ0) is 15.9. The molecule has 0 saturated heterocycles. The van der Waals surface area contributed by atoms with E-state index >= 15 is 0 Å². The number of nitrogens with one attached hydrogen (secondary N) is 2. The maximum absolute atomic E-state index is 11.7. The van der Waals surface area contributed by atoms with E-state index in [-0.39, 0.29) is 0 Å². The molecule has 0 unspecified atom stereocenters. The summed E-state index contributed by atoms with van der Waals surface area (Å²) in [6.45, 7) is 1.80. The average molecular weight is 333 g/mol. The summed E-state index contributed by atoms with van der Waals surface area (Å²) >= 11 is 7.26. The Morgan fingerprint density at radius 1 is 1.32 bits per heavy atom. The van der Waals surface area contributed by atoms with E-state index in [1.165, 1.54) is 11.3 Å². The summed E-state index contributed by atoms with van der Waals surface area (Å²) in [6, 6.07) is 12.2. The predicted octanol–water partition coefficient (Wildman–Crippen LogP) is 4.01. The van der Waals surface area contributed by atoms with Crippen LogP contribution >= 0.6 is 22.9 Å². The maximum Gasteiger partial charge on any atom is 0.339 e. The molecule has 1 aromatic heterocycles. The minimum absolute atomic E-state index is 0.377. The third kappa shape index (κ3) is 4.58. The fourth-order valence-electron chi connectivity index (χ4n) is 1.63. The van der Waals surface area contributed by atoms with Crippen LogP contribution in [0.15, 0.2) is 41.5 Å². The van der Waals surface area contributed by atoms with Gasteiger partial charge in [-0.05, 0) is 43.3 Å². The molecule has 0 radical (unpaired) electrons. The quantitative estimate of drug-likeness (QED) is 0.655. The molecule has 2 amide bonds. The van der Waals surface area contributed by atoms with Gasteiger partial charge in [0.15, 0.2) is 0 Å². The summed E-state index contributed by atoms with van der Waals surface area (Å²) in [6.07, 6.45) is 0.377. The molecule has 0 atom stereocenters. The minimum atomic E-state index is -0.435. The maximum atomic E-state index is 11.7. The van der Waals surface area contributed by atoms with Crippen molar-refractivity contribution in [1.82, 2.24) is 5.43 Å². The van der Waals surface area contributed by atoms with Crippen LogP contribution in [0.3, 0.4) is 0 Å². The number of benzene rings is 1. The van der Waals surface area contributed by atoms with Gasteiger partial charge in [0.25, 0.3) is 0 Å². The first-order valence-electron chi connectivity index (χ1n) is 6.41. The number of anilines is 1. The first-order valence-corrected chi connectivity index (χ1v) is 7.61. The average Bonchev–Trinajstić information content (AvgIpc) is 2.96. The van der Waals surface area contributed by atoms with E-state index in [0.29, 0.717) is 22.8 Å². The number of rotatable bonds is 4. The fourth-order valence-corrected chi connectivity index (χ4v) is 2.64. The molecule has 2 aromatic rings. The van der Waals surface area contributed by atoms with Crippen LogP contribution < -0.4 is 10.7 Å². The Labute approximate surface area is 137 Å². The van der Waals surface area contributed by atoms with Gasteiger partial charge in [-0.25, -0.2) is 10.2 Å². The normalized spacial score (nSPS) is 10.9. The third-order valence-corrected chi connectivity index (χ3v) is 4.14. The van der Waals surface area contributed by atoms with Crippen molar-refractivity contribution in [3.8, 4) is 6.07 Å². The van der Waals surface area contributed by atoms with E-state index in [1.54, 1.807) is 31.2 Å². The monoisotopic (exact) mass is 332 g/mol. The zero-order valence-electron chi connectivity index (χ0n) is 11.8. The van der Waals surface area contributed by atoms with Gasteiger partial charge in [0.1, 0.15) is 0 Å².